The maximum absolute atomic E-state index is 13.6. The molecule has 120 valence electrons. The molecule has 6 heteroatoms. The Morgan fingerprint density at radius 3 is 2.24 bits per heavy atom. The molecule has 0 aliphatic rings. The quantitative estimate of drug-likeness (QED) is 0.875. The van der Waals surface area contributed by atoms with Gasteiger partial charge in [-0.3, -0.25) is 4.79 Å². The van der Waals surface area contributed by atoms with Gasteiger partial charge in [-0.25, -0.2) is 8.78 Å². The Kier molecular flexibility index (Phi) is 8.44. The van der Waals surface area contributed by atoms with Crippen molar-refractivity contribution in [1.29, 1.82) is 0 Å². The van der Waals surface area contributed by atoms with Crippen LogP contribution in [0.2, 0.25) is 0 Å². The van der Waals surface area contributed by atoms with Crippen molar-refractivity contribution in [1.82, 2.24) is 4.90 Å². The monoisotopic (exact) mass is 320 g/mol. The highest BCUT2D eigenvalue weighted by Gasteiger charge is 2.25. The zero-order chi connectivity index (χ0) is 15.3. The van der Waals surface area contributed by atoms with Crippen molar-refractivity contribution >= 4 is 18.3 Å². The van der Waals surface area contributed by atoms with Crippen molar-refractivity contribution in [2.24, 2.45) is 11.7 Å². The van der Waals surface area contributed by atoms with Crippen LogP contribution in [0.5, 0.6) is 0 Å². The average Bonchev–Trinajstić information content (AvgIpc) is 2.44. The van der Waals surface area contributed by atoms with Crippen molar-refractivity contribution < 1.29 is 13.6 Å². The highest BCUT2D eigenvalue weighted by atomic mass is 35.5. The van der Waals surface area contributed by atoms with E-state index in [1.54, 1.807) is 6.92 Å². The fraction of sp³-hybridized carbons (Fsp3) is 0.533. The van der Waals surface area contributed by atoms with Gasteiger partial charge in [0.1, 0.15) is 11.6 Å². The number of carbonyl (C=O) groups excluding carboxylic acids is 1. The predicted octanol–water partition coefficient (Wildman–Crippen LogP) is 3.11. The van der Waals surface area contributed by atoms with Crippen molar-refractivity contribution in [2.45, 2.75) is 39.8 Å². The largest absolute Gasteiger partial charge is 0.337 e. The first-order valence-electron chi connectivity index (χ1n) is 6.89. The molecule has 2 atom stereocenters. The second-order valence-electron chi connectivity index (χ2n) is 4.96. The Morgan fingerprint density at radius 1 is 1.29 bits per heavy atom. The number of hydrogen-bond donors (Lipinski definition) is 1. The minimum absolute atomic E-state index is 0. The third-order valence-electron chi connectivity index (χ3n) is 3.65. The Labute approximate surface area is 130 Å². The minimum Gasteiger partial charge on any atom is -0.337 e. The van der Waals surface area contributed by atoms with E-state index in [1.807, 2.05) is 13.8 Å². The van der Waals surface area contributed by atoms with Gasteiger partial charge in [0.05, 0.1) is 12.6 Å². The molecule has 0 heterocycles. The van der Waals surface area contributed by atoms with Crippen molar-refractivity contribution in [2.75, 3.05) is 6.54 Å². The van der Waals surface area contributed by atoms with Crippen LogP contribution in [0.25, 0.3) is 0 Å². The molecule has 0 aliphatic heterocycles. The van der Waals surface area contributed by atoms with E-state index in [1.165, 1.54) is 23.1 Å². The fourth-order valence-corrected chi connectivity index (χ4v) is 1.93. The van der Waals surface area contributed by atoms with E-state index in [0.717, 1.165) is 6.42 Å². The summed E-state index contributed by atoms with van der Waals surface area (Å²) in [6.07, 6.45) is 0.776. The van der Waals surface area contributed by atoms with E-state index in [-0.39, 0.29) is 36.3 Å². The smallest absolute Gasteiger partial charge is 0.240 e. The Morgan fingerprint density at radius 2 is 1.81 bits per heavy atom. The van der Waals surface area contributed by atoms with Gasteiger partial charge < -0.3 is 10.6 Å². The van der Waals surface area contributed by atoms with Gasteiger partial charge in [0, 0.05) is 12.1 Å². The van der Waals surface area contributed by atoms with Crippen molar-refractivity contribution in [3.05, 3.63) is 35.4 Å². The van der Waals surface area contributed by atoms with Crippen LogP contribution in [0.4, 0.5) is 8.78 Å². The molecule has 1 amide bonds. The third kappa shape index (κ3) is 4.93. The summed E-state index contributed by atoms with van der Waals surface area (Å²) in [5.41, 5.74) is 5.80. The molecule has 0 fully saturated rings. The van der Waals surface area contributed by atoms with E-state index in [4.69, 9.17) is 5.73 Å². The minimum atomic E-state index is -0.645. The molecule has 0 saturated carbocycles. The zero-order valence-corrected chi connectivity index (χ0v) is 13.4. The van der Waals surface area contributed by atoms with Gasteiger partial charge in [0.2, 0.25) is 5.91 Å². The van der Waals surface area contributed by atoms with Gasteiger partial charge in [0.15, 0.2) is 0 Å². The van der Waals surface area contributed by atoms with Gasteiger partial charge in [-0.1, -0.05) is 26.3 Å². The normalized spacial score (nSPS) is 13.2. The number of likely N-dealkylation sites (N-methyl/N-ethyl adjacent to an activating group) is 1. The fourth-order valence-electron chi connectivity index (χ4n) is 1.93. The molecule has 0 aliphatic carbocycles. The lowest BCUT2D eigenvalue weighted by atomic mass is 9.98. The van der Waals surface area contributed by atoms with Crippen molar-refractivity contribution in [3.8, 4) is 0 Å². The molecular formula is C15H23ClF2N2O. The number of rotatable bonds is 6. The maximum Gasteiger partial charge on any atom is 0.240 e. The summed E-state index contributed by atoms with van der Waals surface area (Å²) in [4.78, 5) is 13.6. The van der Waals surface area contributed by atoms with Crippen LogP contribution in [-0.4, -0.2) is 23.4 Å². The summed E-state index contributed by atoms with van der Waals surface area (Å²) < 4.78 is 27.3. The Hall–Kier alpha value is -1.20. The topological polar surface area (TPSA) is 46.3 Å². The van der Waals surface area contributed by atoms with Crippen molar-refractivity contribution in [3.63, 3.8) is 0 Å². The molecule has 1 rings (SSSR count). The number of carbonyl (C=O) groups is 1. The van der Waals surface area contributed by atoms with E-state index in [0.29, 0.717) is 6.54 Å². The SMILES string of the molecule is CCC(C)C(N)C(=O)N(CC)Cc1c(F)cccc1F.Cl. The first-order chi connectivity index (χ1) is 9.42. The lowest BCUT2D eigenvalue weighted by Crippen LogP contribution is -2.46. The molecule has 0 bridgehead atoms. The summed E-state index contributed by atoms with van der Waals surface area (Å²) >= 11 is 0. The summed E-state index contributed by atoms with van der Waals surface area (Å²) in [7, 11) is 0. The number of benzene rings is 1. The van der Waals surface area contributed by atoms with Crippen LogP contribution in [0.3, 0.4) is 0 Å². The number of nitrogens with two attached hydrogens (primary N) is 1. The third-order valence-corrected chi connectivity index (χ3v) is 3.65. The second kappa shape index (κ2) is 8.95. The predicted molar refractivity (Wildman–Crippen MR) is 82.1 cm³/mol. The van der Waals surface area contributed by atoms with Crippen LogP contribution in [0.1, 0.15) is 32.8 Å². The summed E-state index contributed by atoms with van der Waals surface area (Å²) in [6, 6.07) is 3.03. The van der Waals surface area contributed by atoms with Gasteiger partial charge in [-0.15, -0.1) is 12.4 Å². The van der Waals surface area contributed by atoms with E-state index >= 15 is 0 Å². The molecule has 1 aromatic rings. The molecule has 0 aromatic heterocycles. The second-order valence-corrected chi connectivity index (χ2v) is 4.96. The average molecular weight is 321 g/mol. The molecule has 0 radical (unpaired) electrons. The number of hydrogen-bond acceptors (Lipinski definition) is 2. The van der Waals surface area contributed by atoms with Crippen LogP contribution in [0.15, 0.2) is 18.2 Å². The first kappa shape index (κ1) is 19.8. The van der Waals surface area contributed by atoms with Crippen LogP contribution in [-0.2, 0) is 11.3 Å². The standard InChI is InChI=1S/C15H22F2N2O.ClH/c1-4-10(3)14(18)15(20)19(5-2)9-11-12(16)7-6-8-13(11)17;/h6-8,10,14H,4-5,9,18H2,1-3H3;1H. The Balaban J connectivity index is 0.00000400. The maximum atomic E-state index is 13.6. The van der Waals surface area contributed by atoms with E-state index in [9.17, 15) is 13.6 Å². The van der Waals surface area contributed by atoms with Crippen LogP contribution < -0.4 is 5.73 Å². The zero-order valence-electron chi connectivity index (χ0n) is 12.6. The van der Waals surface area contributed by atoms with Crippen LogP contribution >= 0.6 is 12.4 Å². The van der Waals surface area contributed by atoms with Gasteiger partial charge >= 0.3 is 0 Å². The highest BCUT2D eigenvalue weighted by Crippen LogP contribution is 2.16. The highest BCUT2D eigenvalue weighted by molar-refractivity contribution is 5.85. The molecular weight excluding hydrogens is 298 g/mol. The molecule has 0 saturated heterocycles. The summed E-state index contributed by atoms with van der Waals surface area (Å²) in [5, 5.41) is 0. The van der Waals surface area contributed by atoms with E-state index in [2.05, 4.69) is 0 Å². The lowest BCUT2D eigenvalue weighted by Gasteiger charge is -2.27. The van der Waals surface area contributed by atoms with Gasteiger partial charge in [-0.05, 0) is 25.0 Å². The number of nitrogens with zero attached hydrogens (tertiary/aromatic N) is 1. The first-order valence-corrected chi connectivity index (χ1v) is 6.89. The molecule has 2 unspecified atom stereocenters. The molecule has 2 N–H and O–H groups in total. The number of amides is 1. The lowest BCUT2D eigenvalue weighted by molar-refractivity contribution is -0.134. The molecule has 0 spiro atoms. The Bertz CT molecular complexity index is 451. The van der Waals surface area contributed by atoms with E-state index < -0.39 is 17.7 Å². The van der Waals surface area contributed by atoms with Crippen LogP contribution in [0, 0.1) is 17.6 Å². The number of halogens is 3. The molecule has 3 nitrogen and oxygen atoms in total. The summed E-state index contributed by atoms with van der Waals surface area (Å²) in [6.45, 7) is 5.86. The molecule has 21 heavy (non-hydrogen) atoms. The van der Waals surface area contributed by atoms with Gasteiger partial charge in [0.25, 0.3) is 0 Å². The molecule has 1 aromatic carbocycles. The van der Waals surface area contributed by atoms with Gasteiger partial charge in [-0.2, -0.15) is 0 Å². The summed E-state index contributed by atoms with van der Waals surface area (Å²) in [5.74, 6) is -1.53.